The minimum Gasteiger partial charge on any atom is -0.0654 e. The molecule has 0 bridgehead atoms. The van der Waals surface area contributed by atoms with Gasteiger partial charge in [-0.15, -0.1) is 0 Å². The number of hydrogen-bond acceptors (Lipinski definition) is 0. The summed E-state index contributed by atoms with van der Waals surface area (Å²) in [5.74, 6) is 0.877. The topological polar surface area (TPSA) is 0 Å². The fraction of sp³-hybridized carbons (Fsp3) is 1.00. The molecule has 0 aromatic heterocycles. The van der Waals surface area contributed by atoms with E-state index in [0.29, 0.717) is 10.8 Å². The van der Waals surface area contributed by atoms with Gasteiger partial charge < -0.3 is 0 Å². The highest BCUT2D eigenvalue weighted by Gasteiger charge is 2.28. The molecular weight excluding hydrogens is 240 g/mol. The van der Waals surface area contributed by atoms with E-state index in [4.69, 9.17) is 0 Å². The van der Waals surface area contributed by atoms with E-state index in [9.17, 15) is 0 Å². The van der Waals surface area contributed by atoms with Crippen LogP contribution in [0.15, 0.2) is 0 Å². The van der Waals surface area contributed by atoms with E-state index in [2.05, 4.69) is 48.5 Å². The third kappa shape index (κ3) is 11.8. The van der Waals surface area contributed by atoms with E-state index < -0.39 is 0 Å². The maximum atomic E-state index is 2.42. The third-order valence-electron chi connectivity index (χ3n) is 4.49. The third-order valence-corrected chi connectivity index (χ3v) is 4.49. The van der Waals surface area contributed by atoms with Crippen molar-refractivity contribution in [3.63, 3.8) is 0 Å². The fourth-order valence-electron chi connectivity index (χ4n) is 3.11. The Morgan fingerprint density at radius 3 is 1.50 bits per heavy atom. The number of unbranched alkanes of at least 4 members (excludes halogenated alkanes) is 7. The Balaban J connectivity index is 3.81. The zero-order valence-corrected chi connectivity index (χ0v) is 15.6. The van der Waals surface area contributed by atoms with Crippen LogP contribution in [0.3, 0.4) is 0 Å². The predicted molar refractivity (Wildman–Crippen MR) is 94.2 cm³/mol. The summed E-state index contributed by atoms with van der Waals surface area (Å²) in [4.78, 5) is 0. The summed E-state index contributed by atoms with van der Waals surface area (Å²) in [6.45, 7) is 16.7. The van der Waals surface area contributed by atoms with Gasteiger partial charge in [-0.3, -0.25) is 0 Å². The van der Waals surface area contributed by atoms with Crippen molar-refractivity contribution in [2.75, 3.05) is 0 Å². The molecule has 0 aliphatic heterocycles. The molecule has 20 heavy (non-hydrogen) atoms. The Morgan fingerprint density at radius 2 is 1.10 bits per heavy atom. The Hall–Kier alpha value is 0. The largest absolute Gasteiger partial charge is 0.0654 e. The zero-order chi connectivity index (χ0) is 15.6. The molecule has 0 aromatic carbocycles. The van der Waals surface area contributed by atoms with Gasteiger partial charge in [0.1, 0.15) is 0 Å². The van der Waals surface area contributed by atoms with Crippen LogP contribution in [-0.4, -0.2) is 0 Å². The number of rotatable bonds is 10. The van der Waals surface area contributed by atoms with Gasteiger partial charge in [0.15, 0.2) is 0 Å². The van der Waals surface area contributed by atoms with Crippen molar-refractivity contribution in [2.24, 2.45) is 16.7 Å². The molecule has 0 saturated carbocycles. The predicted octanol–water partition coefficient (Wildman–Crippen LogP) is 7.62. The lowest BCUT2D eigenvalue weighted by Gasteiger charge is -2.36. The Morgan fingerprint density at radius 1 is 0.650 bits per heavy atom. The monoisotopic (exact) mass is 282 g/mol. The van der Waals surface area contributed by atoms with Gasteiger partial charge in [-0.25, -0.2) is 0 Å². The van der Waals surface area contributed by atoms with Gasteiger partial charge in [-0.2, -0.15) is 0 Å². The molecule has 0 heteroatoms. The minimum atomic E-state index is 0.467. The van der Waals surface area contributed by atoms with E-state index in [0.717, 1.165) is 5.92 Å². The van der Waals surface area contributed by atoms with Crippen LogP contribution in [0.5, 0.6) is 0 Å². The summed E-state index contributed by atoms with van der Waals surface area (Å²) in [5.41, 5.74) is 0.937. The normalized spacial score (nSPS) is 14.6. The van der Waals surface area contributed by atoms with E-state index >= 15 is 0 Å². The van der Waals surface area contributed by atoms with Crippen LogP contribution in [0.4, 0.5) is 0 Å². The highest BCUT2D eigenvalue weighted by atomic mass is 14.3. The molecule has 0 fully saturated rings. The van der Waals surface area contributed by atoms with Gasteiger partial charge in [0.25, 0.3) is 0 Å². The van der Waals surface area contributed by atoms with Crippen molar-refractivity contribution >= 4 is 0 Å². The van der Waals surface area contributed by atoms with Gasteiger partial charge in [0, 0.05) is 0 Å². The van der Waals surface area contributed by atoms with E-state index in [1.54, 1.807) is 0 Å². The van der Waals surface area contributed by atoms with Crippen LogP contribution < -0.4 is 0 Å². The molecule has 0 aromatic rings. The molecule has 0 radical (unpaired) electrons. The molecule has 1 unspecified atom stereocenters. The van der Waals surface area contributed by atoms with Crippen LogP contribution in [0.2, 0.25) is 0 Å². The smallest absolute Gasteiger partial charge is 0.0354 e. The molecular formula is C20H42. The molecule has 0 spiro atoms. The van der Waals surface area contributed by atoms with Gasteiger partial charge >= 0.3 is 0 Å². The molecule has 0 saturated heterocycles. The second-order valence-electron chi connectivity index (χ2n) is 9.09. The average molecular weight is 283 g/mol. The van der Waals surface area contributed by atoms with Gasteiger partial charge in [-0.1, -0.05) is 99.8 Å². The Kier molecular flexibility index (Phi) is 9.85. The van der Waals surface area contributed by atoms with Crippen LogP contribution >= 0.6 is 0 Å². The number of hydrogen-bond donors (Lipinski definition) is 0. The van der Waals surface area contributed by atoms with Crippen molar-refractivity contribution in [1.29, 1.82) is 0 Å². The summed E-state index contributed by atoms with van der Waals surface area (Å²) in [6, 6.07) is 0. The summed E-state index contributed by atoms with van der Waals surface area (Å²) >= 11 is 0. The van der Waals surface area contributed by atoms with Crippen molar-refractivity contribution in [3.05, 3.63) is 0 Å². The van der Waals surface area contributed by atoms with Crippen molar-refractivity contribution in [1.82, 2.24) is 0 Å². The van der Waals surface area contributed by atoms with Crippen LogP contribution in [0.1, 0.15) is 113 Å². The first-order valence-corrected chi connectivity index (χ1v) is 9.17. The van der Waals surface area contributed by atoms with Crippen molar-refractivity contribution in [2.45, 2.75) is 113 Å². The molecule has 0 rings (SSSR count). The SMILES string of the molecule is CCCCCCCCCCC(CC(C)(C)C)C(C)(C)C. The Labute approximate surface area is 130 Å². The summed E-state index contributed by atoms with van der Waals surface area (Å²) in [6.07, 6.45) is 14.3. The molecule has 122 valence electrons. The van der Waals surface area contributed by atoms with E-state index in [1.807, 2.05) is 0 Å². The van der Waals surface area contributed by atoms with Crippen LogP contribution in [0, 0.1) is 16.7 Å². The van der Waals surface area contributed by atoms with Gasteiger partial charge in [0.05, 0.1) is 0 Å². The van der Waals surface area contributed by atoms with Gasteiger partial charge in [-0.05, 0) is 29.6 Å². The first kappa shape index (κ1) is 20.0. The standard InChI is InChI=1S/C20H42/c1-8-9-10-11-12-13-14-15-16-18(20(5,6)7)17-19(2,3)4/h18H,8-17H2,1-7H3. The van der Waals surface area contributed by atoms with Crippen LogP contribution in [-0.2, 0) is 0 Å². The second-order valence-corrected chi connectivity index (χ2v) is 9.09. The van der Waals surface area contributed by atoms with E-state index in [-0.39, 0.29) is 0 Å². The lowest BCUT2D eigenvalue weighted by atomic mass is 9.70. The first-order valence-electron chi connectivity index (χ1n) is 9.17. The first-order chi connectivity index (χ1) is 9.17. The van der Waals surface area contributed by atoms with Crippen LogP contribution in [0.25, 0.3) is 0 Å². The average Bonchev–Trinajstić information content (AvgIpc) is 2.28. The lowest BCUT2D eigenvalue weighted by Crippen LogP contribution is -2.25. The molecule has 0 N–H and O–H groups in total. The highest BCUT2D eigenvalue weighted by molar-refractivity contribution is 4.79. The summed E-state index contributed by atoms with van der Waals surface area (Å²) < 4.78 is 0. The summed E-state index contributed by atoms with van der Waals surface area (Å²) in [7, 11) is 0. The Bertz CT molecular complexity index is 213. The quantitative estimate of drug-likeness (QED) is 0.361. The molecule has 0 aliphatic carbocycles. The maximum Gasteiger partial charge on any atom is -0.0354 e. The van der Waals surface area contributed by atoms with E-state index in [1.165, 1.54) is 64.2 Å². The molecule has 0 aliphatic rings. The van der Waals surface area contributed by atoms with Gasteiger partial charge in [0.2, 0.25) is 0 Å². The fourth-order valence-corrected chi connectivity index (χ4v) is 3.11. The lowest BCUT2D eigenvalue weighted by molar-refractivity contribution is 0.151. The second kappa shape index (κ2) is 9.85. The maximum absolute atomic E-state index is 2.42. The zero-order valence-electron chi connectivity index (χ0n) is 15.6. The highest BCUT2D eigenvalue weighted by Crippen LogP contribution is 2.39. The summed E-state index contributed by atoms with van der Waals surface area (Å²) in [5, 5.41) is 0. The molecule has 0 amide bonds. The molecule has 0 heterocycles. The molecule has 0 nitrogen and oxygen atoms in total. The van der Waals surface area contributed by atoms with Crippen molar-refractivity contribution in [3.8, 4) is 0 Å². The molecule has 1 atom stereocenters. The minimum absolute atomic E-state index is 0.467. The van der Waals surface area contributed by atoms with Crippen molar-refractivity contribution < 1.29 is 0 Å².